The van der Waals surface area contributed by atoms with Crippen LogP contribution in [0.5, 0.6) is 0 Å². The standard InChI is InChI=1S/C10H15NO4/c1-11(6-2-3-15-5-6)9(12)7-4-8(7)10(13)14/h6-8H,2-5H2,1H3,(H,13,14). The molecule has 2 fully saturated rings. The van der Waals surface area contributed by atoms with Crippen molar-refractivity contribution in [3.63, 3.8) is 0 Å². The fourth-order valence-corrected chi connectivity index (χ4v) is 2.01. The lowest BCUT2D eigenvalue weighted by Gasteiger charge is -2.23. The van der Waals surface area contributed by atoms with Gasteiger partial charge in [-0.3, -0.25) is 9.59 Å². The van der Waals surface area contributed by atoms with E-state index in [0.717, 1.165) is 6.42 Å². The predicted molar refractivity (Wildman–Crippen MR) is 51.2 cm³/mol. The van der Waals surface area contributed by atoms with E-state index < -0.39 is 11.9 Å². The van der Waals surface area contributed by atoms with Gasteiger partial charge < -0.3 is 14.7 Å². The van der Waals surface area contributed by atoms with E-state index >= 15 is 0 Å². The zero-order chi connectivity index (χ0) is 11.0. The molecule has 0 radical (unpaired) electrons. The Hall–Kier alpha value is -1.10. The summed E-state index contributed by atoms with van der Waals surface area (Å²) in [6.07, 6.45) is 1.35. The summed E-state index contributed by atoms with van der Waals surface area (Å²) >= 11 is 0. The molecule has 2 aliphatic rings. The van der Waals surface area contributed by atoms with Crippen LogP contribution in [0.25, 0.3) is 0 Å². The number of likely N-dealkylation sites (N-methyl/N-ethyl adjacent to an activating group) is 1. The molecule has 1 saturated heterocycles. The lowest BCUT2D eigenvalue weighted by atomic mass is 10.2. The van der Waals surface area contributed by atoms with Gasteiger partial charge >= 0.3 is 5.97 Å². The number of hydrogen-bond acceptors (Lipinski definition) is 3. The van der Waals surface area contributed by atoms with Crippen molar-refractivity contribution in [1.29, 1.82) is 0 Å². The molecule has 84 valence electrons. The summed E-state index contributed by atoms with van der Waals surface area (Å²) < 4.78 is 5.19. The number of carbonyl (C=O) groups excluding carboxylic acids is 1. The summed E-state index contributed by atoms with van der Waals surface area (Å²) in [5.41, 5.74) is 0. The molecule has 0 aromatic heterocycles. The van der Waals surface area contributed by atoms with Gasteiger partial charge in [0.1, 0.15) is 0 Å². The molecule has 2 rings (SSSR count). The van der Waals surface area contributed by atoms with E-state index in [1.54, 1.807) is 11.9 Å². The number of carbonyl (C=O) groups is 2. The largest absolute Gasteiger partial charge is 0.481 e. The Balaban J connectivity index is 1.88. The van der Waals surface area contributed by atoms with Crippen molar-refractivity contribution >= 4 is 11.9 Å². The minimum atomic E-state index is -0.857. The second-order valence-corrected chi connectivity index (χ2v) is 4.25. The maximum absolute atomic E-state index is 11.8. The molecular formula is C10H15NO4. The molecule has 3 atom stereocenters. The van der Waals surface area contributed by atoms with Crippen LogP contribution >= 0.6 is 0 Å². The van der Waals surface area contributed by atoms with Gasteiger partial charge in [0, 0.05) is 13.7 Å². The zero-order valence-electron chi connectivity index (χ0n) is 8.68. The third kappa shape index (κ3) is 1.97. The minimum Gasteiger partial charge on any atom is -0.481 e. The number of carboxylic acid groups (broad SMARTS) is 1. The van der Waals surface area contributed by atoms with E-state index in [4.69, 9.17) is 9.84 Å². The Bertz CT molecular complexity index is 285. The van der Waals surface area contributed by atoms with E-state index in [2.05, 4.69) is 0 Å². The van der Waals surface area contributed by atoms with Crippen LogP contribution in [-0.2, 0) is 14.3 Å². The van der Waals surface area contributed by atoms with E-state index in [1.807, 2.05) is 0 Å². The van der Waals surface area contributed by atoms with Crippen molar-refractivity contribution in [2.24, 2.45) is 11.8 Å². The van der Waals surface area contributed by atoms with Crippen LogP contribution < -0.4 is 0 Å². The average molecular weight is 213 g/mol. The second kappa shape index (κ2) is 3.81. The quantitative estimate of drug-likeness (QED) is 0.714. The van der Waals surface area contributed by atoms with Gasteiger partial charge in [0.25, 0.3) is 0 Å². The molecule has 3 unspecified atom stereocenters. The van der Waals surface area contributed by atoms with E-state index in [0.29, 0.717) is 19.6 Å². The topological polar surface area (TPSA) is 66.8 Å². The molecule has 1 saturated carbocycles. The fourth-order valence-electron chi connectivity index (χ4n) is 2.01. The lowest BCUT2D eigenvalue weighted by Crippen LogP contribution is -2.38. The minimum absolute atomic E-state index is 0.0436. The Labute approximate surface area is 88.0 Å². The molecule has 1 heterocycles. The predicted octanol–water partition coefficient (Wildman–Crippen LogP) is -0.0456. The number of ether oxygens (including phenoxy) is 1. The summed E-state index contributed by atoms with van der Waals surface area (Å²) in [4.78, 5) is 24.1. The summed E-state index contributed by atoms with van der Waals surface area (Å²) in [7, 11) is 1.74. The molecular weight excluding hydrogens is 198 g/mol. The number of hydrogen-bond donors (Lipinski definition) is 1. The van der Waals surface area contributed by atoms with Crippen LogP contribution in [0, 0.1) is 11.8 Å². The average Bonchev–Trinajstić information content (AvgIpc) is 2.83. The Morgan fingerprint density at radius 2 is 2.13 bits per heavy atom. The first-order valence-corrected chi connectivity index (χ1v) is 5.18. The van der Waals surface area contributed by atoms with Crippen molar-refractivity contribution in [2.45, 2.75) is 18.9 Å². The van der Waals surface area contributed by atoms with Crippen molar-refractivity contribution in [1.82, 2.24) is 4.90 Å². The molecule has 5 heteroatoms. The number of rotatable bonds is 3. The van der Waals surface area contributed by atoms with Gasteiger partial charge in [-0.15, -0.1) is 0 Å². The maximum atomic E-state index is 11.8. The van der Waals surface area contributed by atoms with Crippen LogP contribution in [0.15, 0.2) is 0 Å². The molecule has 5 nitrogen and oxygen atoms in total. The van der Waals surface area contributed by atoms with Gasteiger partial charge in [0.15, 0.2) is 0 Å². The maximum Gasteiger partial charge on any atom is 0.307 e. The fraction of sp³-hybridized carbons (Fsp3) is 0.800. The van der Waals surface area contributed by atoms with Crippen LogP contribution in [0.4, 0.5) is 0 Å². The summed E-state index contributed by atoms with van der Waals surface area (Å²) in [5, 5.41) is 8.72. The monoisotopic (exact) mass is 213 g/mol. The molecule has 1 amide bonds. The highest BCUT2D eigenvalue weighted by Crippen LogP contribution is 2.40. The summed E-state index contributed by atoms with van der Waals surface area (Å²) in [6.45, 7) is 1.27. The first kappa shape index (κ1) is 10.4. The molecule has 0 aromatic carbocycles. The highest BCUT2D eigenvalue weighted by Gasteiger charge is 2.50. The van der Waals surface area contributed by atoms with Crippen molar-refractivity contribution in [2.75, 3.05) is 20.3 Å². The van der Waals surface area contributed by atoms with Gasteiger partial charge in [-0.1, -0.05) is 0 Å². The highest BCUT2D eigenvalue weighted by molar-refractivity contribution is 5.89. The number of carboxylic acids is 1. The molecule has 1 N–H and O–H groups in total. The van der Waals surface area contributed by atoms with E-state index in [9.17, 15) is 9.59 Å². The van der Waals surface area contributed by atoms with Crippen LogP contribution in [0.1, 0.15) is 12.8 Å². The number of aliphatic carboxylic acids is 1. The van der Waals surface area contributed by atoms with Gasteiger partial charge in [0.2, 0.25) is 5.91 Å². The van der Waals surface area contributed by atoms with E-state index in [-0.39, 0.29) is 17.9 Å². The SMILES string of the molecule is CN(C(=O)C1CC1C(=O)O)C1CCOC1. The normalized spacial score (nSPS) is 33.8. The van der Waals surface area contributed by atoms with Gasteiger partial charge in [-0.25, -0.2) is 0 Å². The third-order valence-electron chi connectivity index (χ3n) is 3.23. The van der Waals surface area contributed by atoms with Gasteiger partial charge in [0.05, 0.1) is 24.5 Å². The molecule has 0 spiro atoms. The Morgan fingerprint density at radius 3 is 2.60 bits per heavy atom. The number of amides is 1. The molecule has 1 aliphatic heterocycles. The molecule has 0 aromatic rings. The van der Waals surface area contributed by atoms with Crippen LogP contribution in [0.3, 0.4) is 0 Å². The Kier molecular flexibility index (Phi) is 2.65. The molecule has 1 aliphatic carbocycles. The van der Waals surface area contributed by atoms with Gasteiger partial charge in [-0.05, 0) is 12.8 Å². The first-order valence-electron chi connectivity index (χ1n) is 5.18. The van der Waals surface area contributed by atoms with Crippen molar-refractivity contribution in [3.8, 4) is 0 Å². The van der Waals surface area contributed by atoms with Crippen molar-refractivity contribution < 1.29 is 19.4 Å². The Morgan fingerprint density at radius 1 is 1.40 bits per heavy atom. The van der Waals surface area contributed by atoms with Crippen molar-refractivity contribution in [3.05, 3.63) is 0 Å². The summed E-state index contributed by atoms with van der Waals surface area (Å²) in [5.74, 6) is -1.65. The number of nitrogens with zero attached hydrogens (tertiary/aromatic N) is 1. The van der Waals surface area contributed by atoms with Crippen LogP contribution in [-0.4, -0.2) is 48.2 Å². The lowest BCUT2D eigenvalue weighted by molar-refractivity contribution is -0.142. The molecule has 0 bridgehead atoms. The smallest absolute Gasteiger partial charge is 0.307 e. The first-order chi connectivity index (χ1) is 7.11. The zero-order valence-corrected chi connectivity index (χ0v) is 8.68. The second-order valence-electron chi connectivity index (χ2n) is 4.25. The summed E-state index contributed by atoms with van der Waals surface area (Å²) in [6, 6.07) is 0.132. The highest BCUT2D eigenvalue weighted by atomic mass is 16.5. The third-order valence-corrected chi connectivity index (χ3v) is 3.23. The molecule has 15 heavy (non-hydrogen) atoms. The van der Waals surface area contributed by atoms with Crippen LogP contribution in [0.2, 0.25) is 0 Å². The van der Waals surface area contributed by atoms with E-state index in [1.165, 1.54) is 0 Å². The van der Waals surface area contributed by atoms with Gasteiger partial charge in [-0.2, -0.15) is 0 Å².